The summed E-state index contributed by atoms with van der Waals surface area (Å²) in [7, 11) is 0. The van der Waals surface area contributed by atoms with Gasteiger partial charge in [0.1, 0.15) is 13.2 Å². The third-order valence-electron chi connectivity index (χ3n) is 11.8. The smallest absolute Gasteiger partial charge is 0.306 e. The van der Waals surface area contributed by atoms with Crippen LogP contribution in [0.5, 0.6) is 0 Å². The van der Waals surface area contributed by atoms with Crippen LogP contribution in [-0.4, -0.2) is 37.2 Å². The minimum absolute atomic E-state index is 0.0851. The molecule has 0 aliphatic heterocycles. The van der Waals surface area contributed by atoms with Crippen LogP contribution in [0.3, 0.4) is 0 Å². The van der Waals surface area contributed by atoms with Crippen molar-refractivity contribution in [3.8, 4) is 0 Å². The van der Waals surface area contributed by atoms with Crippen LogP contribution < -0.4 is 0 Å². The molecule has 0 rings (SSSR count). The van der Waals surface area contributed by atoms with E-state index in [1.54, 1.807) is 0 Å². The Morgan fingerprint density at radius 1 is 0.306 bits per heavy atom. The Hall–Kier alpha value is -2.37. The first-order chi connectivity index (χ1) is 30.5. The number of rotatable bonds is 49. The number of esters is 3. The van der Waals surface area contributed by atoms with E-state index in [1.807, 2.05) is 0 Å². The van der Waals surface area contributed by atoms with Crippen LogP contribution in [-0.2, 0) is 28.6 Å². The molecule has 1 atom stereocenters. The first-order valence-electron chi connectivity index (χ1n) is 27.0. The molecule has 0 saturated carbocycles. The lowest BCUT2D eigenvalue weighted by Gasteiger charge is -2.18. The van der Waals surface area contributed by atoms with Crippen molar-refractivity contribution >= 4 is 17.9 Å². The minimum atomic E-state index is -0.786. The molecular weight excluding hydrogens is 769 g/mol. The molecule has 62 heavy (non-hydrogen) atoms. The van der Waals surface area contributed by atoms with Crippen LogP contribution in [0.4, 0.5) is 0 Å². The van der Waals surface area contributed by atoms with Gasteiger partial charge in [-0.1, -0.05) is 211 Å². The van der Waals surface area contributed by atoms with E-state index in [-0.39, 0.29) is 31.1 Å². The van der Waals surface area contributed by atoms with Crippen LogP contribution in [0.1, 0.15) is 284 Å². The Labute approximate surface area is 385 Å². The molecule has 0 aromatic rings. The molecule has 6 heteroatoms. The summed E-state index contributed by atoms with van der Waals surface area (Å²) in [5.41, 5.74) is 0. The second-order valence-corrected chi connectivity index (χ2v) is 18.1. The highest BCUT2D eigenvalue weighted by molar-refractivity contribution is 5.71. The molecule has 0 bridgehead atoms. The average Bonchev–Trinajstić information content (AvgIpc) is 3.27. The van der Waals surface area contributed by atoms with E-state index in [2.05, 4.69) is 57.2 Å². The molecule has 6 nitrogen and oxygen atoms in total. The molecule has 362 valence electrons. The van der Waals surface area contributed by atoms with Crippen molar-refractivity contribution in [3.05, 3.63) is 36.5 Å². The van der Waals surface area contributed by atoms with Crippen molar-refractivity contribution in [3.63, 3.8) is 0 Å². The molecule has 0 amide bonds. The zero-order valence-corrected chi connectivity index (χ0v) is 41.4. The maximum Gasteiger partial charge on any atom is 0.306 e. The van der Waals surface area contributed by atoms with E-state index in [4.69, 9.17) is 14.2 Å². The first-order valence-corrected chi connectivity index (χ1v) is 27.0. The van der Waals surface area contributed by atoms with Crippen molar-refractivity contribution in [2.24, 2.45) is 0 Å². The van der Waals surface area contributed by atoms with Crippen molar-refractivity contribution in [1.29, 1.82) is 0 Å². The second kappa shape index (κ2) is 51.3. The number of hydrogen-bond acceptors (Lipinski definition) is 6. The zero-order chi connectivity index (χ0) is 45.1. The summed E-state index contributed by atoms with van der Waals surface area (Å²) in [6, 6.07) is 0. The third-order valence-corrected chi connectivity index (χ3v) is 11.8. The van der Waals surface area contributed by atoms with E-state index in [0.29, 0.717) is 19.3 Å². The number of carbonyl (C=O) groups is 3. The van der Waals surface area contributed by atoms with Gasteiger partial charge in [-0.2, -0.15) is 0 Å². The minimum Gasteiger partial charge on any atom is -0.462 e. The highest BCUT2D eigenvalue weighted by atomic mass is 16.6. The lowest BCUT2D eigenvalue weighted by atomic mass is 10.1. The molecule has 0 heterocycles. The maximum atomic E-state index is 12.8. The maximum absolute atomic E-state index is 12.8. The van der Waals surface area contributed by atoms with Gasteiger partial charge in [0.2, 0.25) is 0 Å². The SMILES string of the molecule is CCCCCC/C=C\CCCC(=O)OCC(COC(=O)CCCCCCC/C=C\CCCCCCCCCCC)OC(=O)CCCCCCCCC/C=C\CCCCCCCC. The Bertz CT molecular complexity index is 1050. The average molecular weight is 871 g/mol. The molecule has 0 aliphatic carbocycles. The molecule has 1 unspecified atom stereocenters. The quantitative estimate of drug-likeness (QED) is 0.0262. The molecule has 0 spiro atoms. The van der Waals surface area contributed by atoms with E-state index < -0.39 is 6.10 Å². The Balaban J connectivity index is 4.31. The number of unbranched alkanes of at least 4 members (excludes halogenated alkanes) is 32. The summed E-state index contributed by atoms with van der Waals surface area (Å²) < 4.78 is 16.8. The van der Waals surface area contributed by atoms with Crippen molar-refractivity contribution in [2.75, 3.05) is 13.2 Å². The molecule has 0 aromatic carbocycles. The van der Waals surface area contributed by atoms with Crippen molar-refractivity contribution in [1.82, 2.24) is 0 Å². The molecule has 0 fully saturated rings. The Kier molecular flexibility index (Phi) is 49.3. The summed E-state index contributed by atoms with van der Waals surface area (Å²) >= 11 is 0. The summed E-state index contributed by atoms with van der Waals surface area (Å²) in [6.45, 7) is 6.59. The van der Waals surface area contributed by atoms with Gasteiger partial charge in [-0.05, 0) is 89.9 Å². The van der Waals surface area contributed by atoms with Gasteiger partial charge in [0, 0.05) is 19.3 Å². The summed E-state index contributed by atoms with van der Waals surface area (Å²) in [6.07, 6.45) is 60.0. The first kappa shape index (κ1) is 59.6. The van der Waals surface area contributed by atoms with Crippen LogP contribution >= 0.6 is 0 Å². The number of carbonyl (C=O) groups excluding carboxylic acids is 3. The third kappa shape index (κ3) is 48.7. The fourth-order valence-corrected chi connectivity index (χ4v) is 7.73. The van der Waals surface area contributed by atoms with Crippen LogP contribution in [0, 0.1) is 0 Å². The highest BCUT2D eigenvalue weighted by Crippen LogP contribution is 2.15. The van der Waals surface area contributed by atoms with Crippen molar-refractivity contribution in [2.45, 2.75) is 290 Å². The number of allylic oxidation sites excluding steroid dienone is 6. The van der Waals surface area contributed by atoms with Crippen LogP contribution in [0.2, 0.25) is 0 Å². The van der Waals surface area contributed by atoms with Crippen LogP contribution in [0.25, 0.3) is 0 Å². The van der Waals surface area contributed by atoms with Gasteiger partial charge in [0.25, 0.3) is 0 Å². The van der Waals surface area contributed by atoms with Crippen LogP contribution in [0.15, 0.2) is 36.5 Å². The second-order valence-electron chi connectivity index (χ2n) is 18.1. The molecule has 0 radical (unpaired) electrons. The predicted molar refractivity (Wildman–Crippen MR) is 266 cm³/mol. The van der Waals surface area contributed by atoms with Gasteiger partial charge in [-0.3, -0.25) is 14.4 Å². The number of ether oxygens (including phenoxy) is 3. The van der Waals surface area contributed by atoms with Gasteiger partial charge >= 0.3 is 17.9 Å². The zero-order valence-electron chi connectivity index (χ0n) is 41.4. The molecular formula is C56H102O6. The van der Waals surface area contributed by atoms with Crippen molar-refractivity contribution < 1.29 is 28.6 Å². The summed E-state index contributed by atoms with van der Waals surface area (Å²) in [5.74, 6) is -0.924. The Morgan fingerprint density at radius 2 is 0.548 bits per heavy atom. The standard InChI is InChI=1S/C56H102O6/c1-4-7-10-13-16-19-21-23-25-27-29-30-32-34-37-40-43-46-49-55(58)61-52-53(51-60-54(57)48-45-42-39-36-18-15-12-9-6-3)62-56(59)50-47-44-41-38-35-33-31-28-26-24-22-20-17-14-11-8-5-2/h24,26,29-30,36,39,53H,4-23,25,27-28,31-35,37-38,40-52H2,1-3H3/b26-24-,30-29-,39-36-. The van der Waals surface area contributed by atoms with Gasteiger partial charge < -0.3 is 14.2 Å². The van der Waals surface area contributed by atoms with E-state index in [0.717, 1.165) is 64.2 Å². The van der Waals surface area contributed by atoms with Gasteiger partial charge in [0.05, 0.1) is 0 Å². The topological polar surface area (TPSA) is 78.9 Å². The molecule has 0 N–H and O–H groups in total. The normalized spacial score (nSPS) is 12.2. The van der Waals surface area contributed by atoms with Gasteiger partial charge in [-0.15, -0.1) is 0 Å². The monoisotopic (exact) mass is 871 g/mol. The Morgan fingerprint density at radius 3 is 0.887 bits per heavy atom. The summed E-state index contributed by atoms with van der Waals surface area (Å²) in [5, 5.41) is 0. The fourth-order valence-electron chi connectivity index (χ4n) is 7.73. The van der Waals surface area contributed by atoms with E-state index in [9.17, 15) is 14.4 Å². The van der Waals surface area contributed by atoms with E-state index >= 15 is 0 Å². The molecule has 0 aliphatic rings. The predicted octanol–water partition coefficient (Wildman–Crippen LogP) is 17.7. The van der Waals surface area contributed by atoms with Gasteiger partial charge in [0.15, 0.2) is 6.10 Å². The summed E-state index contributed by atoms with van der Waals surface area (Å²) in [4.78, 5) is 37.9. The highest BCUT2D eigenvalue weighted by Gasteiger charge is 2.19. The largest absolute Gasteiger partial charge is 0.462 e. The lowest BCUT2D eigenvalue weighted by molar-refractivity contribution is -0.167. The molecule has 0 saturated heterocycles. The fraction of sp³-hybridized carbons (Fsp3) is 0.839. The van der Waals surface area contributed by atoms with E-state index in [1.165, 1.54) is 180 Å². The lowest BCUT2D eigenvalue weighted by Crippen LogP contribution is -2.30. The van der Waals surface area contributed by atoms with Gasteiger partial charge in [-0.25, -0.2) is 0 Å². The number of hydrogen-bond donors (Lipinski definition) is 0. The molecule has 0 aromatic heterocycles.